The minimum atomic E-state index is 0.563. The largest absolute Gasteiger partial charge is 0.357 e. The molecule has 0 fully saturated rings. The van der Waals surface area contributed by atoms with Gasteiger partial charge in [-0.3, -0.25) is 0 Å². The molecule has 0 aliphatic carbocycles. The van der Waals surface area contributed by atoms with Gasteiger partial charge < -0.3 is 10.6 Å². The van der Waals surface area contributed by atoms with E-state index in [9.17, 15) is 0 Å². The second-order valence-electron chi connectivity index (χ2n) is 6.90. The fraction of sp³-hybridized carbons (Fsp3) is 0.318. The standard InChI is InChI=1S/C22H28N6/c1-5-23-22(25-13-19-8-6-7-16(2)11-19)26-15-20-9-10-21(24-14-20)28-18(4)12-17(3)27-28/h6-12,14H,5,13,15H2,1-4H3,(H2,23,25,26). The van der Waals surface area contributed by atoms with Crippen LogP contribution in [0.2, 0.25) is 0 Å². The third-order valence-corrected chi connectivity index (χ3v) is 4.34. The zero-order valence-corrected chi connectivity index (χ0v) is 17.0. The molecule has 0 bridgehead atoms. The molecule has 0 radical (unpaired) electrons. The van der Waals surface area contributed by atoms with Crippen LogP contribution in [-0.4, -0.2) is 27.3 Å². The number of rotatable bonds is 6. The molecule has 0 unspecified atom stereocenters. The van der Waals surface area contributed by atoms with Crippen LogP contribution in [0.25, 0.3) is 5.82 Å². The van der Waals surface area contributed by atoms with Gasteiger partial charge in [-0.15, -0.1) is 0 Å². The van der Waals surface area contributed by atoms with Crippen molar-refractivity contribution >= 4 is 5.96 Å². The maximum Gasteiger partial charge on any atom is 0.191 e. The van der Waals surface area contributed by atoms with Crippen molar-refractivity contribution in [1.82, 2.24) is 25.4 Å². The molecule has 6 heteroatoms. The van der Waals surface area contributed by atoms with Gasteiger partial charge in [0.2, 0.25) is 0 Å². The van der Waals surface area contributed by atoms with Crippen molar-refractivity contribution in [2.24, 2.45) is 4.99 Å². The molecule has 6 nitrogen and oxygen atoms in total. The van der Waals surface area contributed by atoms with E-state index in [1.54, 1.807) is 0 Å². The fourth-order valence-corrected chi connectivity index (χ4v) is 3.02. The summed E-state index contributed by atoms with van der Waals surface area (Å²) < 4.78 is 1.86. The van der Waals surface area contributed by atoms with Crippen molar-refractivity contribution in [3.05, 3.63) is 76.7 Å². The molecule has 1 aromatic carbocycles. The molecule has 0 amide bonds. The highest BCUT2D eigenvalue weighted by atomic mass is 15.3. The van der Waals surface area contributed by atoms with Crippen LogP contribution in [0.3, 0.4) is 0 Å². The molecule has 0 aliphatic heterocycles. The smallest absolute Gasteiger partial charge is 0.191 e. The second-order valence-corrected chi connectivity index (χ2v) is 6.90. The summed E-state index contributed by atoms with van der Waals surface area (Å²) in [5.41, 5.74) is 5.61. The normalized spacial score (nSPS) is 11.5. The summed E-state index contributed by atoms with van der Waals surface area (Å²) in [5.74, 6) is 1.62. The molecular formula is C22H28N6. The Morgan fingerprint density at radius 1 is 1.04 bits per heavy atom. The number of aromatic nitrogens is 3. The summed E-state index contributed by atoms with van der Waals surface area (Å²) in [5, 5.41) is 11.2. The summed E-state index contributed by atoms with van der Waals surface area (Å²) in [6, 6.07) is 14.5. The van der Waals surface area contributed by atoms with Crippen molar-refractivity contribution in [1.29, 1.82) is 0 Å². The minimum Gasteiger partial charge on any atom is -0.357 e. The lowest BCUT2D eigenvalue weighted by atomic mass is 10.1. The highest BCUT2D eigenvalue weighted by Gasteiger charge is 2.05. The van der Waals surface area contributed by atoms with E-state index in [4.69, 9.17) is 0 Å². The van der Waals surface area contributed by atoms with Gasteiger partial charge in [-0.1, -0.05) is 35.9 Å². The molecule has 0 saturated carbocycles. The third kappa shape index (κ3) is 5.19. The fourth-order valence-electron chi connectivity index (χ4n) is 3.02. The molecule has 3 aromatic rings. The van der Waals surface area contributed by atoms with Gasteiger partial charge in [-0.25, -0.2) is 14.7 Å². The van der Waals surface area contributed by atoms with Crippen LogP contribution < -0.4 is 10.6 Å². The number of hydrogen-bond acceptors (Lipinski definition) is 3. The average molecular weight is 377 g/mol. The van der Waals surface area contributed by atoms with Crippen molar-refractivity contribution in [3.63, 3.8) is 0 Å². The van der Waals surface area contributed by atoms with Crippen molar-refractivity contribution in [3.8, 4) is 5.82 Å². The van der Waals surface area contributed by atoms with Crippen LogP contribution in [0.5, 0.6) is 0 Å². The predicted octanol–water partition coefficient (Wildman–Crippen LogP) is 3.45. The molecule has 0 atom stereocenters. The topological polar surface area (TPSA) is 67.1 Å². The Hall–Kier alpha value is -3.15. The Labute approximate surface area is 166 Å². The summed E-state index contributed by atoms with van der Waals surface area (Å²) >= 11 is 0. The van der Waals surface area contributed by atoms with Crippen LogP contribution in [0.4, 0.5) is 0 Å². The zero-order valence-electron chi connectivity index (χ0n) is 17.0. The van der Waals surface area contributed by atoms with E-state index in [2.05, 4.69) is 63.8 Å². The van der Waals surface area contributed by atoms with E-state index in [0.29, 0.717) is 6.54 Å². The summed E-state index contributed by atoms with van der Waals surface area (Å²) in [6.45, 7) is 10.3. The molecule has 146 valence electrons. The van der Waals surface area contributed by atoms with Gasteiger partial charge in [0.1, 0.15) is 0 Å². The second kappa shape index (κ2) is 9.17. The number of pyridine rings is 1. The lowest BCUT2D eigenvalue weighted by Crippen LogP contribution is -2.36. The molecule has 2 aromatic heterocycles. The highest BCUT2D eigenvalue weighted by molar-refractivity contribution is 5.79. The van der Waals surface area contributed by atoms with E-state index in [-0.39, 0.29) is 0 Å². The van der Waals surface area contributed by atoms with Crippen LogP contribution >= 0.6 is 0 Å². The van der Waals surface area contributed by atoms with Crippen molar-refractivity contribution < 1.29 is 0 Å². The molecule has 28 heavy (non-hydrogen) atoms. The molecular weight excluding hydrogens is 348 g/mol. The van der Waals surface area contributed by atoms with Crippen molar-refractivity contribution in [2.45, 2.75) is 40.8 Å². The Balaban J connectivity index is 1.64. The molecule has 0 saturated heterocycles. The number of benzene rings is 1. The van der Waals surface area contributed by atoms with E-state index in [0.717, 1.165) is 41.8 Å². The van der Waals surface area contributed by atoms with E-state index < -0.39 is 0 Å². The van der Waals surface area contributed by atoms with Crippen LogP contribution in [0.15, 0.2) is 53.7 Å². The van der Waals surface area contributed by atoms with Gasteiger partial charge >= 0.3 is 0 Å². The average Bonchev–Trinajstić information content (AvgIpc) is 3.02. The van der Waals surface area contributed by atoms with Gasteiger partial charge in [0, 0.05) is 25.0 Å². The molecule has 2 heterocycles. The van der Waals surface area contributed by atoms with Gasteiger partial charge in [0.15, 0.2) is 11.8 Å². The lowest BCUT2D eigenvalue weighted by molar-refractivity contribution is 0.799. The summed E-state index contributed by atoms with van der Waals surface area (Å²) in [6.07, 6.45) is 1.86. The molecule has 0 aliphatic rings. The summed E-state index contributed by atoms with van der Waals surface area (Å²) in [4.78, 5) is 9.22. The first kappa shape index (κ1) is 19.6. The predicted molar refractivity (Wildman–Crippen MR) is 114 cm³/mol. The number of hydrogen-bond donors (Lipinski definition) is 2. The van der Waals surface area contributed by atoms with Crippen LogP contribution in [0.1, 0.15) is 35.0 Å². The lowest BCUT2D eigenvalue weighted by Gasteiger charge is -2.12. The number of aliphatic imine (C=N–C) groups is 1. The van der Waals surface area contributed by atoms with Gasteiger partial charge in [-0.2, -0.15) is 5.10 Å². The molecule has 2 N–H and O–H groups in total. The van der Waals surface area contributed by atoms with Crippen molar-refractivity contribution in [2.75, 3.05) is 6.54 Å². The van der Waals surface area contributed by atoms with Gasteiger partial charge in [0.25, 0.3) is 0 Å². The highest BCUT2D eigenvalue weighted by Crippen LogP contribution is 2.11. The molecule has 0 spiro atoms. The third-order valence-electron chi connectivity index (χ3n) is 4.34. The number of nitrogens with one attached hydrogen (secondary N) is 2. The number of guanidine groups is 1. The minimum absolute atomic E-state index is 0.563. The van der Waals surface area contributed by atoms with E-state index >= 15 is 0 Å². The Bertz CT molecular complexity index is 940. The monoisotopic (exact) mass is 376 g/mol. The van der Waals surface area contributed by atoms with Crippen LogP contribution in [0, 0.1) is 20.8 Å². The first-order valence-electron chi connectivity index (χ1n) is 9.61. The Morgan fingerprint density at radius 3 is 2.54 bits per heavy atom. The SMILES string of the molecule is CCNC(=NCc1ccc(-n2nc(C)cc2C)nc1)NCc1cccc(C)c1. The Kier molecular flexibility index (Phi) is 6.42. The molecule has 3 rings (SSSR count). The summed E-state index contributed by atoms with van der Waals surface area (Å²) in [7, 11) is 0. The van der Waals surface area contributed by atoms with E-state index in [1.165, 1.54) is 11.1 Å². The van der Waals surface area contributed by atoms with E-state index in [1.807, 2.05) is 42.9 Å². The zero-order chi connectivity index (χ0) is 19.9. The van der Waals surface area contributed by atoms with Gasteiger partial charge in [0.05, 0.1) is 12.2 Å². The number of aryl methyl sites for hydroxylation is 3. The first-order chi connectivity index (χ1) is 13.5. The Morgan fingerprint density at radius 2 is 1.89 bits per heavy atom. The maximum absolute atomic E-state index is 4.68. The quantitative estimate of drug-likeness (QED) is 0.511. The maximum atomic E-state index is 4.68. The van der Waals surface area contributed by atoms with Gasteiger partial charge in [-0.05, 0) is 51.0 Å². The van der Waals surface area contributed by atoms with Crippen LogP contribution in [-0.2, 0) is 13.1 Å². The first-order valence-corrected chi connectivity index (χ1v) is 9.61. The number of nitrogens with zero attached hydrogens (tertiary/aromatic N) is 4.